The summed E-state index contributed by atoms with van der Waals surface area (Å²) in [6, 6.07) is 8.21. The van der Waals surface area contributed by atoms with Crippen LogP contribution in [0, 0.1) is 6.92 Å². The van der Waals surface area contributed by atoms with Crippen LogP contribution in [0.1, 0.15) is 16.1 Å². The Morgan fingerprint density at radius 1 is 0.970 bits per heavy atom. The second kappa shape index (κ2) is 8.71. The first kappa shape index (κ1) is 24.6. The molecule has 0 radical (unpaired) electrons. The normalized spacial score (nSPS) is 12.0. The number of ether oxygens (including phenoxy) is 1. The minimum absolute atomic E-state index is 0.0312. The van der Waals surface area contributed by atoms with Crippen LogP contribution in [0.15, 0.2) is 39.5 Å². The number of methoxy groups -OCH3 is 1. The Morgan fingerprint density at radius 3 is 2.03 bits per heavy atom. The van der Waals surface area contributed by atoms with E-state index in [4.69, 9.17) is 18.0 Å². The average Bonchev–Trinajstić information content (AvgIpc) is 2.69. The van der Waals surface area contributed by atoms with Crippen LogP contribution < -0.4 is 19.0 Å². The Balaban J connectivity index is 2.45. The maximum Gasteiger partial charge on any atom is 0.372 e. The van der Waals surface area contributed by atoms with Gasteiger partial charge in [-0.25, -0.2) is 4.79 Å². The molecule has 3 aromatic rings. The number of carboxylic acid groups (broad SMARTS) is 1. The molecule has 1 heterocycles. The van der Waals surface area contributed by atoms with Crippen molar-refractivity contribution in [3.63, 3.8) is 0 Å². The molecule has 0 aliphatic carbocycles. The van der Waals surface area contributed by atoms with E-state index >= 15 is 0 Å². The molecule has 2 aromatic carbocycles. The molecular formula is C24H30O7Si2. The third kappa shape index (κ3) is 5.31. The van der Waals surface area contributed by atoms with Crippen molar-refractivity contribution in [2.45, 2.75) is 46.2 Å². The molecule has 0 atom stereocenters. The van der Waals surface area contributed by atoms with E-state index in [1.807, 2.05) is 46.2 Å². The second-order valence-electron chi connectivity index (χ2n) is 9.80. The van der Waals surface area contributed by atoms with E-state index in [9.17, 15) is 14.7 Å². The highest BCUT2D eigenvalue weighted by molar-refractivity contribution is 6.71. The monoisotopic (exact) mass is 486 g/mol. The molecule has 3 rings (SSSR count). The molecule has 0 unspecified atom stereocenters. The standard InChI is InChI=1S/C24H30O7Si2/c1-14-17(30-32(3,4)5)13-18-20(22(14)31-33(6,7)8)21(25)19(23(29-18)24(26)27)15-9-11-16(28-2)12-10-15/h9-13H,1-8H3,(H,26,27). The first-order valence-electron chi connectivity index (χ1n) is 10.6. The lowest BCUT2D eigenvalue weighted by Crippen LogP contribution is -2.32. The van der Waals surface area contributed by atoms with Gasteiger partial charge in [0.15, 0.2) is 0 Å². The van der Waals surface area contributed by atoms with Crippen LogP contribution >= 0.6 is 0 Å². The number of benzene rings is 2. The summed E-state index contributed by atoms with van der Waals surface area (Å²) < 4.78 is 23.6. The fourth-order valence-electron chi connectivity index (χ4n) is 3.44. The first-order valence-corrected chi connectivity index (χ1v) is 17.4. The maximum absolute atomic E-state index is 13.8. The second-order valence-corrected chi connectivity index (χ2v) is 18.7. The first-order chi connectivity index (χ1) is 15.2. The lowest BCUT2D eigenvalue weighted by molar-refractivity contribution is 0.0664. The van der Waals surface area contributed by atoms with E-state index < -0.39 is 33.8 Å². The Bertz CT molecular complexity index is 1260. The molecule has 0 saturated carbocycles. The van der Waals surface area contributed by atoms with Gasteiger partial charge in [0.2, 0.25) is 27.8 Å². The van der Waals surface area contributed by atoms with Crippen molar-refractivity contribution >= 4 is 33.6 Å². The predicted molar refractivity (Wildman–Crippen MR) is 134 cm³/mol. The highest BCUT2D eigenvalue weighted by atomic mass is 28.4. The van der Waals surface area contributed by atoms with Crippen molar-refractivity contribution in [2.24, 2.45) is 0 Å². The number of carbonyl (C=O) groups is 1. The van der Waals surface area contributed by atoms with Gasteiger partial charge in [-0.15, -0.1) is 0 Å². The Kier molecular flexibility index (Phi) is 6.49. The zero-order valence-corrected chi connectivity index (χ0v) is 22.3. The molecule has 33 heavy (non-hydrogen) atoms. The van der Waals surface area contributed by atoms with Gasteiger partial charge >= 0.3 is 5.97 Å². The van der Waals surface area contributed by atoms with Crippen molar-refractivity contribution in [1.29, 1.82) is 0 Å². The fourth-order valence-corrected chi connectivity index (χ4v) is 5.17. The van der Waals surface area contributed by atoms with Gasteiger partial charge in [0.1, 0.15) is 28.2 Å². The summed E-state index contributed by atoms with van der Waals surface area (Å²) in [6.07, 6.45) is 0. The molecule has 1 aromatic heterocycles. The largest absolute Gasteiger partial charge is 0.544 e. The van der Waals surface area contributed by atoms with Gasteiger partial charge in [-0.05, 0) is 63.9 Å². The van der Waals surface area contributed by atoms with E-state index in [1.54, 1.807) is 30.3 Å². The molecule has 7 nitrogen and oxygen atoms in total. The van der Waals surface area contributed by atoms with Gasteiger partial charge in [-0.1, -0.05) is 12.1 Å². The van der Waals surface area contributed by atoms with Crippen LogP contribution in [0.5, 0.6) is 17.2 Å². The Morgan fingerprint density at radius 2 is 1.55 bits per heavy atom. The molecule has 1 N–H and O–H groups in total. The summed E-state index contributed by atoms with van der Waals surface area (Å²) in [5.74, 6) is -0.250. The van der Waals surface area contributed by atoms with Crippen LogP contribution in [0.4, 0.5) is 0 Å². The van der Waals surface area contributed by atoms with E-state index in [2.05, 4.69) is 0 Å². The number of fused-ring (bicyclic) bond motifs is 1. The van der Waals surface area contributed by atoms with Gasteiger partial charge in [0.25, 0.3) is 0 Å². The maximum atomic E-state index is 13.8. The zero-order valence-electron chi connectivity index (χ0n) is 20.3. The fraction of sp³-hybridized carbons (Fsp3) is 0.333. The minimum Gasteiger partial charge on any atom is -0.544 e. The summed E-state index contributed by atoms with van der Waals surface area (Å²) >= 11 is 0. The highest BCUT2D eigenvalue weighted by Crippen LogP contribution is 2.39. The molecule has 9 heteroatoms. The molecule has 0 spiro atoms. The molecule has 0 aliphatic heterocycles. The van der Waals surface area contributed by atoms with Crippen LogP contribution in [-0.4, -0.2) is 34.8 Å². The molecule has 0 amide bonds. The number of aromatic carboxylic acids is 1. The van der Waals surface area contributed by atoms with E-state index in [0.717, 1.165) is 0 Å². The Labute approximate surface area is 195 Å². The summed E-state index contributed by atoms with van der Waals surface area (Å²) in [5, 5.41) is 10.1. The molecular weight excluding hydrogens is 456 g/mol. The van der Waals surface area contributed by atoms with Crippen LogP contribution in [0.2, 0.25) is 39.3 Å². The summed E-state index contributed by atoms with van der Waals surface area (Å²) in [4.78, 5) is 25.9. The number of carboxylic acids is 1. The lowest BCUT2D eigenvalue weighted by Gasteiger charge is -2.26. The molecule has 0 fully saturated rings. The number of hydrogen-bond acceptors (Lipinski definition) is 6. The van der Waals surface area contributed by atoms with Gasteiger partial charge in [0, 0.05) is 11.6 Å². The number of rotatable bonds is 7. The summed E-state index contributed by atoms with van der Waals surface area (Å²) in [7, 11) is -2.63. The van der Waals surface area contributed by atoms with E-state index in [-0.39, 0.29) is 16.5 Å². The van der Waals surface area contributed by atoms with Crippen molar-refractivity contribution in [3.05, 3.63) is 51.9 Å². The quantitative estimate of drug-likeness (QED) is 0.415. The molecule has 0 bridgehead atoms. The van der Waals surface area contributed by atoms with Gasteiger partial charge in [-0.3, -0.25) is 4.79 Å². The van der Waals surface area contributed by atoms with Crippen molar-refractivity contribution in [1.82, 2.24) is 0 Å². The predicted octanol–water partition coefficient (Wildman–Crippen LogP) is 5.90. The third-order valence-electron chi connectivity index (χ3n) is 4.74. The van der Waals surface area contributed by atoms with Crippen LogP contribution in [0.3, 0.4) is 0 Å². The Hall–Kier alpha value is -3.05. The average molecular weight is 487 g/mol. The van der Waals surface area contributed by atoms with Crippen molar-refractivity contribution in [2.75, 3.05) is 7.11 Å². The van der Waals surface area contributed by atoms with Crippen molar-refractivity contribution < 1.29 is 27.9 Å². The molecule has 0 aliphatic rings. The lowest BCUT2D eigenvalue weighted by atomic mass is 10.00. The SMILES string of the molecule is COc1ccc(-c2c(C(=O)O)oc3cc(O[Si](C)(C)C)c(C)c(O[Si](C)(C)C)c3c2=O)cc1. The highest BCUT2D eigenvalue weighted by Gasteiger charge is 2.29. The smallest absolute Gasteiger partial charge is 0.372 e. The van der Waals surface area contributed by atoms with E-state index in [0.29, 0.717) is 28.4 Å². The molecule has 0 saturated heterocycles. The van der Waals surface area contributed by atoms with Crippen molar-refractivity contribution in [3.8, 4) is 28.4 Å². The van der Waals surface area contributed by atoms with E-state index in [1.165, 1.54) is 7.11 Å². The van der Waals surface area contributed by atoms with Gasteiger partial charge in [0.05, 0.1) is 12.7 Å². The third-order valence-corrected chi connectivity index (χ3v) is 6.39. The summed E-state index contributed by atoms with van der Waals surface area (Å²) in [6.45, 7) is 14.0. The van der Waals surface area contributed by atoms with Gasteiger partial charge in [-0.2, -0.15) is 0 Å². The topological polar surface area (TPSA) is 95.2 Å². The van der Waals surface area contributed by atoms with Gasteiger partial charge < -0.3 is 23.1 Å². The zero-order chi connectivity index (χ0) is 24.7. The van der Waals surface area contributed by atoms with Crippen LogP contribution in [-0.2, 0) is 0 Å². The number of hydrogen-bond donors (Lipinski definition) is 1. The van der Waals surface area contributed by atoms with Crippen LogP contribution in [0.25, 0.3) is 22.1 Å². The minimum atomic E-state index is -2.15. The molecule has 176 valence electrons. The summed E-state index contributed by atoms with van der Waals surface area (Å²) in [5.41, 5.74) is 0.749.